The molecule has 1 aromatic carbocycles. The van der Waals surface area contributed by atoms with Gasteiger partial charge in [0, 0.05) is 54.4 Å². The number of amides is 8. The predicted octanol–water partition coefficient (Wildman–Crippen LogP) is -2.29. The molecule has 8 amide bonds. The highest BCUT2D eigenvalue weighted by Gasteiger charge is 2.40. The third-order valence-corrected chi connectivity index (χ3v) is 12.3. The number of aromatic nitrogens is 3. The van der Waals surface area contributed by atoms with Crippen LogP contribution in [0.3, 0.4) is 0 Å². The molecule has 0 aliphatic carbocycles. The second kappa shape index (κ2) is 22.1. The van der Waals surface area contributed by atoms with Crippen LogP contribution in [0.15, 0.2) is 35.7 Å². The maximum absolute atomic E-state index is 14.7. The zero-order chi connectivity index (χ0) is 50.3. The molecule has 0 radical (unpaired) electrons. The Bertz CT molecular complexity index is 2510. The molecule has 4 aliphatic heterocycles. The molecule has 1 fully saturated rings. The van der Waals surface area contributed by atoms with Gasteiger partial charge in [-0.1, -0.05) is 39.8 Å². The van der Waals surface area contributed by atoms with Gasteiger partial charge in [-0.25, -0.2) is 9.78 Å². The van der Waals surface area contributed by atoms with Crippen LogP contribution in [0.2, 0.25) is 0 Å². The summed E-state index contributed by atoms with van der Waals surface area (Å²) >= 11 is 0. The van der Waals surface area contributed by atoms with Gasteiger partial charge in [-0.15, -0.1) is 0 Å². The SMILES string of the molecule is CC(C)CC1NC(=O)C(NC(=O)C2CCC(=O)N2)C(C(C)C)c2ccc3c4c([nH]c3c2)-n2cnc(c2)CC(C(=O)O)NC(=O)CNC(=O)C(CCCN=C(N)N)NC(=O)C(C4)NC(=O)C(C)NC1=O. The summed E-state index contributed by atoms with van der Waals surface area (Å²) in [6.07, 6.45) is 3.13. The Morgan fingerprint density at radius 3 is 2.26 bits per heavy atom. The summed E-state index contributed by atoms with van der Waals surface area (Å²) in [6.45, 7) is 8.29. The van der Waals surface area contributed by atoms with Gasteiger partial charge in [0.25, 0.3) is 0 Å². The van der Waals surface area contributed by atoms with Crippen LogP contribution >= 0.6 is 0 Å². The van der Waals surface area contributed by atoms with E-state index in [2.05, 4.69) is 57.5 Å². The van der Waals surface area contributed by atoms with Crippen molar-refractivity contribution < 1.29 is 48.3 Å². The van der Waals surface area contributed by atoms with Crippen LogP contribution in [0.25, 0.3) is 16.7 Å². The lowest BCUT2D eigenvalue weighted by atomic mass is 9.81. The number of nitrogens with zero attached hydrogens (tertiary/aromatic N) is 3. The highest BCUT2D eigenvalue weighted by molar-refractivity contribution is 5.99. The Morgan fingerprint density at radius 1 is 0.870 bits per heavy atom. The summed E-state index contributed by atoms with van der Waals surface area (Å²) in [4.78, 5) is 135. The molecule has 14 N–H and O–H groups in total. The second-order valence-corrected chi connectivity index (χ2v) is 18.5. The summed E-state index contributed by atoms with van der Waals surface area (Å²) in [5, 5.41) is 32.0. The number of carbonyl (C=O) groups is 9. The molecular weight excluding hydrogens is 897 g/mol. The molecule has 69 heavy (non-hydrogen) atoms. The number of rotatable bonds is 10. The van der Waals surface area contributed by atoms with Gasteiger partial charge in [0.05, 0.1) is 12.2 Å². The first-order valence-corrected chi connectivity index (χ1v) is 23.0. The minimum Gasteiger partial charge on any atom is -0.480 e. The second-order valence-electron chi connectivity index (χ2n) is 18.5. The quantitative estimate of drug-likeness (QED) is 0.0442. The van der Waals surface area contributed by atoms with E-state index in [1.807, 2.05) is 27.7 Å². The lowest BCUT2D eigenvalue weighted by Crippen LogP contribution is -2.60. The van der Waals surface area contributed by atoms with Crippen molar-refractivity contribution in [3.05, 3.63) is 47.5 Å². The van der Waals surface area contributed by atoms with Crippen molar-refractivity contribution in [2.24, 2.45) is 28.3 Å². The molecule has 3 aromatic rings. The molecular formula is C45H62N14O10. The molecule has 7 rings (SSSR count). The van der Waals surface area contributed by atoms with Crippen LogP contribution in [0.4, 0.5) is 0 Å². The van der Waals surface area contributed by atoms with E-state index < -0.39 is 102 Å². The highest BCUT2D eigenvalue weighted by atomic mass is 16.4. The van der Waals surface area contributed by atoms with Crippen molar-refractivity contribution in [3.63, 3.8) is 0 Å². The van der Waals surface area contributed by atoms with Gasteiger partial charge in [-0.05, 0) is 56.1 Å². The number of carbonyl (C=O) groups excluding carboxylic acids is 8. The monoisotopic (exact) mass is 958 g/mol. The first-order valence-electron chi connectivity index (χ1n) is 23.0. The molecule has 372 valence electrons. The van der Waals surface area contributed by atoms with E-state index in [0.717, 1.165) is 0 Å². The minimum atomic E-state index is -1.45. The number of benzene rings is 1. The number of imidazole rings is 1. The van der Waals surface area contributed by atoms with E-state index in [9.17, 15) is 48.3 Å². The fourth-order valence-electron chi connectivity index (χ4n) is 8.87. The number of hydrogen-bond donors (Lipinski definition) is 12. The molecule has 6 heterocycles. The normalized spacial score (nSPS) is 25.2. The molecule has 1 saturated heterocycles. The number of aromatic amines is 1. The predicted molar refractivity (Wildman–Crippen MR) is 249 cm³/mol. The van der Waals surface area contributed by atoms with Gasteiger partial charge in [-0.3, -0.25) is 47.9 Å². The zero-order valence-corrected chi connectivity index (χ0v) is 39.1. The van der Waals surface area contributed by atoms with Crippen LogP contribution in [0, 0.1) is 11.8 Å². The van der Waals surface area contributed by atoms with Gasteiger partial charge in [0.2, 0.25) is 47.3 Å². The van der Waals surface area contributed by atoms with Crippen LogP contribution in [-0.4, -0.2) is 134 Å². The van der Waals surface area contributed by atoms with E-state index >= 15 is 0 Å². The standard InChI is InChI=1S/C45H62N14O10/c1-20(2)13-30-41(65)51-22(5)38(62)56-31-16-26-25-9-8-23(35(21(3)4)36(43(67)57-30)58-40(64)28-10-11-33(60)52-28)14-29(25)54-37(26)59-18-24(50-19-59)15-32(44(68)69)53-34(61)17-49-39(63)27(55-42(31)66)7-6-12-48-45(46)47/h8-9,14,18-22,27-28,30-32,35-36,54H,6-7,10-13,15-17H2,1-5H3,(H,49,63)(H,51,65)(H,52,60)(H,53,61)(H,55,66)(H,56,62)(H,57,67)(H,58,64)(H,68,69)(H4,46,47,48). The van der Waals surface area contributed by atoms with Gasteiger partial charge in [-0.2, -0.15) is 0 Å². The van der Waals surface area contributed by atoms with Crippen molar-refractivity contribution in [3.8, 4) is 5.82 Å². The Balaban J connectivity index is 1.54. The number of fused-ring (bicyclic) bond motifs is 13. The first kappa shape index (κ1) is 50.9. The van der Waals surface area contributed by atoms with Gasteiger partial charge in [0.1, 0.15) is 54.4 Å². The number of aliphatic carboxylic acids is 1. The van der Waals surface area contributed by atoms with Crippen LogP contribution < -0.4 is 54.0 Å². The number of nitrogens with one attached hydrogen (secondary N) is 9. The number of aliphatic imine (C=N–C) groups is 1. The van der Waals surface area contributed by atoms with Crippen LogP contribution in [0.1, 0.15) is 89.5 Å². The van der Waals surface area contributed by atoms with E-state index in [0.29, 0.717) is 27.8 Å². The Labute approximate surface area is 397 Å². The maximum atomic E-state index is 14.7. The van der Waals surface area contributed by atoms with E-state index in [4.69, 9.17) is 11.5 Å². The number of nitrogens with two attached hydrogens (primary N) is 2. The Hall–Kier alpha value is -7.53. The summed E-state index contributed by atoms with van der Waals surface area (Å²) < 4.78 is 1.57. The summed E-state index contributed by atoms with van der Waals surface area (Å²) in [5.41, 5.74) is 12.8. The molecule has 8 unspecified atom stereocenters. The smallest absolute Gasteiger partial charge is 0.326 e. The van der Waals surface area contributed by atoms with Crippen molar-refractivity contribution in [1.82, 2.24) is 57.1 Å². The van der Waals surface area contributed by atoms with E-state index in [1.165, 1.54) is 13.3 Å². The number of carboxylic acid groups (broad SMARTS) is 1. The Kier molecular flexibility index (Phi) is 16.3. The van der Waals surface area contributed by atoms with E-state index in [1.54, 1.807) is 29.0 Å². The topological polar surface area (TPSA) is 368 Å². The molecule has 0 saturated carbocycles. The largest absolute Gasteiger partial charge is 0.480 e. The maximum Gasteiger partial charge on any atom is 0.326 e. The molecule has 24 heteroatoms. The number of hydrogen-bond acceptors (Lipinski definition) is 11. The van der Waals surface area contributed by atoms with Crippen molar-refractivity contribution in [2.75, 3.05) is 13.1 Å². The zero-order valence-electron chi connectivity index (χ0n) is 39.1. The summed E-state index contributed by atoms with van der Waals surface area (Å²) in [7, 11) is 0. The molecule has 8 atom stereocenters. The number of H-pyrrole nitrogens is 1. The molecule has 4 aliphatic rings. The average Bonchev–Trinajstić information content (AvgIpc) is 4.03. The lowest BCUT2D eigenvalue weighted by molar-refractivity contribution is -0.141. The van der Waals surface area contributed by atoms with Gasteiger partial charge >= 0.3 is 5.97 Å². The fraction of sp³-hybridized carbons (Fsp3) is 0.533. The molecule has 2 aromatic heterocycles. The van der Waals surface area contributed by atoms with Gasteiger partial charge < -0.3 is 64.1 Å². The van der Waals surface area contributed by atoms with Crippen molar-refractivity contribution in [1.29, 1.82) is 0 Å². The van der Waals surface area contributed by atoms with Crippen LogP contribution in [-0.2, 0) is 56.0 Å². The van der Waals surface area contributed by atoms with Crippen LogP contribution in [0.5, 0.6) is 0 Å². The first-order chi connectivity index (χ1) is 32.7. The summed E-state index contributed by atoms with van der Waals surface area (Å²) in [5.74, 6) is -7.91. The molecule has 24 nitrogen and oxygen atoms in total. The third kappa shape index (κ3) is 12.7. The van der Waals surface area contributed by atoms with Crippen molar-refractivity contribution in [2.45, 2.75) is 128 Å². The van der Waals surface area contributed by atoms with Gasteiger partial charge in [0.15, 0.2) is 5.96 Å². The highest BCUT2D eigenvalue weighted by Crippen LogP contribution is 2.34. The third-order valence-electron chi connectivity index (χ3n) is 12.3. The minimum absolute atomic E-state index is 0.0315. The summed E-state index contributed by atoms with van der Waals surface area (Å²) in [6, 6.07) is -3.50. The number of guanidine groups is 1. The Morgan fingerprint density at radius 2 is 1.59 bits per heavy atom. The molecule has 7 bridgehead atoms. The van der Waals surface area contributed by atoms with E-state index in [-0.39, 0.29) is 80.9 Å². The van der Waals surface area contributed by atoms with Crippen molar-refractivity contribution >= 4 is 70.1 Å². The fourth-order valence-corrected chi connectivity index (χ4v) is 8.87. The average molecular weight is 959 g/mol. The molecule has 0 spiro atoms. The number of carboxylic acids is 1. The lowest BCUT2D eigenvalue weighted by Gasteiger charge is -2.33.